The van der Waals surface area contributed by atoms with Crippen LogP contribution in [0, 0.1) is 39.4 Å². The highest BCUT2D eigenvalue weighted by Crippen LogP contribution is 2.93. The summed E-state index contributed by atoms with van der Waals surface area (Å²) in [6.45, 7) is 7.27. The molecule has 7 fully saturated rings. The minimum atomic E-state index is -0.601. The van der Waals surface area contributed by atoms with Gasteiger partial charge >= 0.3 is 6.09 Å². The van der Waals surface area contributed by atoms with Crippen LogP contribution in [0.2, 0.25) is 5.15 Å². The van der Waals surface area contributed by atoms with Gasteiger partial charge in [-0.05, 0) is 167 Å². The van der Waals surface area contributed by atoms with Crippen molar-refractivity contribution in [3.05, 3.63) is 101 Å². The lowest BCUT2D eigenvalue weighted by Gasteiger charge is -2.33. The number of ether oxygens (including phenoxy) is 3. The molecule has 1 atom stereocenters. The molecule has 0 bridgehead atoms. The molecule has 0 unspecified atom stereocenters. The number of alkyl carbamates (subject to hydrolysis) is 1. The predicted molar refractivity (Wildman–Crippen MR) is 262 cm³/mol. The predicted octanol–water partition coefficient (Wildman–Crippen LogP) is 8.62. The molecule has 1 aliphatic heterocycles. The Morgan fingerprint density at radius 2 is 1.23 bits per heavy atom. The van der Waals surface area contributed by atoms with Crippen LogP contribution in [0.15, 0.2) is 79.1 Å². The summed E-state index contributed by atoms with van der Waals surface area (Å²) in [6.07, 6.45) is 19.5. The lowest BCUT2D eigenvalue weighted by molar-refractivity contribution is 0.0991. The number of fused-ring (bicyclic) bond motifs is 2. The number of carbonyl (C=O) groups excluding carboxylic acids is 3. The Kier molecular flexibility index (Phi) is 11.6. The second kappa shape index (κ2) is 17.6. The van der Waals surface area contributed by atoms with Crippen molar-refractivity contribution in [3.8, 4) is 23.4 Å². The van der Waals surface area contributed by atoms with E-state index in [9.17, 15) is 14.4 Å². The van der Waals surface area contributed by atoms with Gasteiger partial charge in [-0.1, -0.05) is 41.9 Å². The number of aromatic nitrogens is 6. The topological polar surface area (TPSA) is 208 Å². The van der Waals surface area contributed by atoms with Crippen LogP contribution >= 0.6 is 11.6 Å². The zero-order valence-electron chi connectivity index (χ0n) is 40.1. The number of amides is 3. The van der Waals surface area contributed by atoms with Crippen molar-refractivity contribution < 1.29 is 28.6 Å². The van der Waals surface area contributed by atoms with Crippen LogP contribution in [0.1, 0.15) is 124 Å². The summed E-state index contributed by atoms with van der Waals surface area (Å²) in [5.74, 6) is 3.86. The average Bonchev–Trinajstić information content (AvgIpc) is 4.08. The lowest BCUT2D eigenvalue weighted by atomic mass is 9.93. The van der Waals surface area contributed by atoms with Crippen molar-refractivity contribution in [2.75, 3.05) is 31.2 Å². The molecule has 4 spiro atoms. The summed E-state index contributed by atoms with van der Waals surface area (Å²) in [5, 5.41) is 11.9. The van der Waals surface area contributed by atoms with Crippen molar-refractivity contribution in [3.63, 3.8) is 0 Å². The summed E-state index contributed by atoms with van der Waals surface area (Å²) in [5.41, 5.74) is 15.2. The highest BCUT2D eigenvalue weighted by Gasteiger charge is 2.86. The first kappa shape index (κ1) is 46.2. The number of pyridine rings is 2. The Morgan fingerprint density at radius 3 is 1.74 bits per heavy atom. The van der Waals surface area contributed by atoms with Gasteiger partial charge in [0.05, 0.1) is 24.3 Å². The minimum absolute atomic E-state index is 0.0705. The van der Waals surface area contributed by atoms with Crippen molar-refractivity contribution in [1.82, 2.24) is 34.8 Å². The molecule has 17 heteroatoms. The van der Waals surface area contributed by atoms with Crippen LogP contribution in [0.5, 0.6) is 11.8 Å². The van der Waals surface area contributed by atoms with Gasteiger partial charge in [0.2, 0.25) is 11.8 Å². The molecular formula is C53H63ClN10O6. The number of benzene rings is 1. The van der Waals surface area contributed by atoms with Crippen LogP contribution in [-0.2, 0) is 11.3 Å². The minimum Gasteiger partial charge on any atom is -0.477 e. The Hall–Kier alpha value is -6.16. The quantitative estimate of drug-likeness (QED) is 0.0527. The first-order chi connectivity index (χ1) is 33.8. The van der Waals surface area contributed by atoms with E-state index in [4.69, 9.17) is 42.3 Å². The van der Waals surface area contributed by atoms with Crippen LogP contribution < -0.4 is 31.2 Å². The van der Waals surface area contributed by atoms with E-state index in [1.54, 1.807) is 39.8 Å². The van der Waals surface area contributed by atoms with Gasteiger partial charge in [-0.25, -0.2) is 24.1 Å². The maximum atomic E-state index is 12.5. The number of hydrogen-bond acceptors (Lipinski definition) is 11. The number of nitrogens with one attached hydrogen (secondary N) is 1. The van der Waals surface area contributed by atoms with Crippen LogP contribution in [0.3, 0.4) is 0 Å². The molecule has 6 saturated carbocycles. The normalized spacial score (nSPS) is 21.5. The van der Waals surface area contributed by atoms with Crippen LogP contribution in [-0.4, -0.2) is 79.3 Å². The number of primary amides is 2. The molecule has 1 saturated heterocycles. The van der Waals surface area contributed by atoms with Gasteiger partial charge in [0.25, 0.3) is 11.8 Å². The van der Waals surface area contributed by atoms with E-state index in [0.717, 1.165) is 66.9 Å². The van der Waals surface area contributed by atoms with Gasteiger partial charge in [-0.3, -0.25) is 9.59 Å². The van der Waals surface area contributed by atoms with Gasteiger partial charge in [-0.15, -0.1) is 10.2 Å². The van der Waals surface area contributed by atoms with Crippen molar-refractivity contribution >= 4 is 35.3 Å². The SMILES string of the molecule is CC1(C)C[C@@H](CCCNC(=O)OCc2ccccc2)CN1c1nc(-n2ccc(OCCC3C4(CC4)C34CC4)n2)ccc1C(N)=O.NC(=O)c1ccc(-n2ccc(OCCC3C4(CC4)C34CC4)n2)nc1Cl. The highest BCUT2D eigenvalue weighted by atomic mass is 35.5. The summed E-state index contributed by atoms with van der Waals surface area (Å²) in [7, 11) is 0. The van der Waals surface area contributed by atoms with E-state index >= 15 is 0 Å². The van der Waals surface area contributed by atoms with Gasteiger partial charge in [0.15, 0.2) is 11.6 Å². The number of nitrogens with two attached hydrogens (primary N) is 2. The monoisotopic (exact) mass is 970 g/mol. The van der Waals surface area contributed by atoms with E-state index < -0.39 is 17.9 Å². The molecule has 12 rings (SSSR count). The largest absolute Gasteiger partial charge is 0.477 e. The molecule has 368 valence electrons. The molecule has 5 heterocycles. The van der Waals surface area contributed by atoms with Crippen LogP contribution in [0.25, 0.3) is 11.6 Å². The maximum Gasteiger partial charge on any atom is 0.407 e. The number of hydrogen-bond donors (Lipinski definition) is 3. The molecule has 6 aliphatic carbocycles. The third-order valence-electron chi connectivity index (χ3n) is 17.3. The van der Waals surface area contributed by atoms with E-state index in [2.05, 4.69) is 39.2 Å². The summed E-state index contributed by atoms with van der Waals surface area (Å²) < 4.78 is 20.5. The number of nitrogens with zero attached hydrogens (tertiary/aromatic N) is 7. The molecule has 1 aromatic carbocycles. The number of carbonyl (C=O) groups is 3. The summed E-state index contributed by atoms with van der Waals surface area (Å²) in [4.78, 5) is 47.1. The first-order valence-electron chi connectivity index (χ1n) is 25.1. The third kappa shape index (κ3) is 8.63. The zero-order chi connectivity index (χ0) is 48.5. The molecular weight excluding hydrogens is 908 g/mol. The van der Waals surface area contributed by atoms with E-state index in [-0.39, 0.29) is 22.9 Å². The summed E-state index contributed by atoms with van der Waals surface area (Å²) in [6, 6.07) is 20.0. The molecule has 5 aromatic rings. The smallest absolute Gasteiger partial charge is 0.407 e. The lowest BCUT2D eigenvalue weighted by Crippen LogP contribution is -2.40. The molecule has 0 radical (unpaired) electrons. The standard InChI is InChI=1S/C35H44N6O4.C18H19ClN4O2/c1-33(2)21-25(9-6-18-37-32(43)45-23-24-7-4-3-5-8-24)22-40(33)31-26(30(36)42)10-11-28(38-31)41-19-12-29(39-41)44-20-13-27-34(14-15-34)35(27)16-17-35;19-15-11(16(20)24)1-2-13(21-15)23-9-3-14(22-23)25-10-4-12-17(5-6-17)18(12)7-8-18/h3-5,7-8,10-12,19,25,27H,6,9,13-18,20-23H2,1-2H3,(H2,36,42)(H,37,43);1-3,9,12H,4-8,10H2,(H2,20,24)/t25-;/m1./s1. The fourth-order valence-electron chi connectivity index (χ4n) is 13.3. The van der Waals surface area contributed by atoms with Crippen molar-refractivity contribution in [2.24, 2.45) is 50.9 Å². The highest BCUT2D eigenvalue weighted by molar-refractivity contribution is 6.32. The zero-order valence-corrected chi connectivity index (χ0v) is 40.8. The molecule has 3 amide bonds. The molecule has 16 nitrogen and oxygen atoms in total. The number of anilines is 1. The Labute approximate surface area is 413 Å². The van der Waals surface area contributed by atoms with Gasteiger partial charge < -0.3 is 35.9 Å². The number of rotatable bonds is 19. The average molecular weight is 972 g/mol. The molecule has 4 aromatic heterocycles. The third-order valence-corrected chi connectivity index (χ3v) is 17.6. The van der Waals surface area contributed by atoms with E-state index in [1.807, 2.05) is 48.7 Å². The maximum absolute atomic E-state index is 12.5. The van der Waals surface area contributed by atoms with E-state index in [0.29, 0.717) is 71.3 Å². The molecule has 7 aliphatic rings. The van der Waals surface area contributed by atoms with Crippen molar-refractivity contribution in [2.45, 2.75) is 109 Å². The molecule has 70 heavy (non-hydrogen) atoms. The Bertz CT molecular complexity index is 2760. The Morgan fingerprint density at radius 1 is 0.700 bits per heavy atom. The second-order valence-electron chi connectivity index (χ2n) is 21.6. The van der Waals surface area contributed by atoms with Gasteiger partial charge in [-0.2, -0.15) is 0 Å². The van der Waals surface area contributed by atoms with Gasteiger partial charge in [0, 0.05) is 43.2 Å². The fourth-order valence-corrected chi connectivity index (χ4v) is 13.5. The van der Waals surface area contributed by atoms with Gasteiger partial charge in [0.1, 0.15) is 17.6 Å². The second-order valence-corrected chi connectivity index (χ2v) is 22.0. The van der Waals surface area contributed by atoms with Crippen LogP contribution in [0.4, 0.5) is 10.6 Å². The Balaban J connectivity index is 0.000000179. The van der Waals surface area contributed by atoms with E-state index in [1.165, 1.54) is 51.4 Å². The molecule has 5 N–H and O–H groups in total. The number of halogens is 1. The fraction of sp³-hybridized carbons (Fsp3) is 0.528. The summed E-state index contributed by atoms with van der Waals surface area (Å²) >= 11 is 5.99. The van der Waals surface area contributed by atoms with Crippen molar-refractivity contribution in [1.29, 1.82) is 0 Å². The first-order valence-corrected chi connectivity index (χ1v) is 25.5.